The largest absolute Gasteiger partial charge is 0.311 e. The minimum Gasteiger partial charge on any atom is -0.311 e. The van der Waals surface area contributed by atoms with Crippen LogP contribution in [0, 0.1) is 58.7 Å². The Balaban J connectivity index is 1.16. The van der Waals surface area contributed by atoms with Gasteiger partial charge in [0.15, 0.2) is 0 Å². The van der Waals surface area contributed by atoms with Crippen molar-refractivity contribution < 1.29 is 0 Å². The zero-order valence-electron chi connectivity index (χ0n) is 26.7. The zero-order valence-corrected chi connectivity index (χ0v) is 26.7. The highest BCUT2D eigenvalue weighted by Crippen LogP contribution is 2.59. The molecule has 1 N–H and O–H groups in total. The van der Waals surface area contributed by atoms with Gasteiger partial charge in [0, 0.05) is 36.1 Å². The van der Waals surface area contributed by atoms with Crippen molar-refractivity contribution in [2.24, 2.45) is 47.3 Å². The SMILES string of the molecule is CC1CCC(NC2CC3C(CC(N(C4CCCCC4)C4CCC(C#N)CC4)C4CCCCC34)C3CCCCC23)CC1. The van der Waals surface area contributed by atoms with Crippen molar-refractivity contribution in [1.29, 1.82) is 5.26 Å². The van der Waals surface area contributed by atoms with E-state index in [2.05, 4.69) is 23.2 Å². The minimum absolute atomic E-state index is 0.329. The van der Waals surface area contributed by atoms with Crippen LogP contribution in [0.5, 0.6) is 0 Å². The van der Waals surface area contributed by atoms with Crippen molar-refractivity contribution in [1.82, 2.24) is 10.2 Å². The van der Waals surface area contributed by atoms with Gasteiger partial charge >= 0.3 is 0 Å². The first-order chi connectivity index (χ1) is 20.2. The van der Waals surface area contributed by atoms with Crippen LogP contribution in [0.4, 0.5) is 0 Å². The molecule has 8 atom stereocenters. The highest BCUT2D eigenvalue weighted by atomic mass is 15.2. The molecule has 0 amide bonds. The van der Waals surface area contributed by atoms with Crippen molar-refractivity contribution in [3.8, 4) is 6.07 Å². The van der Waals surface area contributed by atoms with Crippen LogP contribution >= 0.6 is 0 Å². The first-order valence-electron chi connectivity index (χ1n) is 19.1. The van der Waals surface area contributed by atoms with E-state index in [1.165, 1.54) is 135 Å². The van der Waals surface area contributed by atoms with E-state index in [1.54, 1.807) is 0 Å². The van der Waals surface area contributed by atoms with Crippen molar-refractivity contribution in [3.63, 3.8) is 0 Å². The van der Waals surface area contributed by atoms with Gasteiger partial charge in [-0.05, 0) is 144 Å². The summed E-state index contributed by atoms with van der Waals surface area (Å²) in [6, 6.07) is 6.72. The molecule has 230 valence electrons. The maximum Gasteiger partial charge on any atom is 0.0655 e. The van der Waals surface area contributed by atoms with Crippen LogP contribution < -0.4 is 5.32 Å². The number of nitrogens with one attached hydrogen (secondary N) is 1. The number of nitriles is 1. The summed E-state index contributed by atoms with van der Waals surface area (Å²) in [4.78, 5) is 3.26. The third-order valence-electron chi connectivity index (χ3n) is 14.6. The average Bonchev–Trinajstić information content (AvgIpc) is 3.03. The maximum absolute atomic E-state index is 9.67. The lowest BCUT2D eigenvalue weighted by molar-refractivity contribution is -0.116. The van der Waals surface area contributed by atoms with Gasteiger partial charge in [0.1, 0.15) is 0 Å². The molecular weight excluding hydrogens is 498 g/mol. The second-order valence-corrected chi connectivity index (χ2v) is 16.7. The molecule has 3 nitrogen and oxygen atoms in total. The van der Waals surface area contributed by atoms with E-state index in [0.29, 0.717) is 5.92 Å². The lowest BCUT2D eigenvalue weighted by Gasteiger charge is -2.62. The van der Waals surface area contributed by atoms with E-state index in [9.17, 15) is 5.26 Å². The molecule has 41 heavy (non-hydrogen) atoms. The fraction of sp³-hybridized carbons (Fsp3) is 0.974. The summed E-state index contributed by atoms with van der Waals surface area (Å²) in [5, 5.41) is 14.1. The van der Waals surface area contributed by atoms with Crippen molar-refractivity contribution >= 4 is 0 Å². The molecule has 7 rings (SSSR count). The van der Waals surface area contributed by atoms with Gasteiger partial charge < -0.3 is 5.32 Å². The molecule has 0 aliphatic heterocycles. The van der Waals surface area contributed by atoms with E-state index in [0.717, 1.165) is 84.5 Å². The Morgan fingerprint density at radius 1 is 0.537 bits per heavy atom. The van der Waals surface area contributed by atoms with Crippen LogP contribution in [0.15, 0.2) is 0 Å². The van der Waals surface area contributed by atoms with Crippen LogP contribution in [0.1, 0.15) is 155 Å². The molecule has 8 unspecified atom stereocenters. The van der Waals surface area contributed by atoms with E-state index >= 15 is 0 Å². The molecule has 3 heteroatoms. The second kappa shape index (κ2) is 13.2. The summed E-state index contributed by atoms with van der Waals surface area (Å²) in [5.41, 5.74) is 0. The first-order valence-corrected chi connectivity index (χ1v) is 19.1. The van der Waals surface area contributed by atoms with Gasteiger partial charge in [0.2, 0.25) is 0 Å². The summed E-state index contributed by atoms with van der Waals surface area (Å²) in [7, 11) is 0. The van der Waals surface area contributed by atoms with Gasteiger partial charge in [-0.1, -0.05) is 51.9 Å². The third-order valence-corrected chi connectivity index (χ3v) is 14.6. The molecule has 0 spiro atoms. The molecule has 0 saturated heterocycles. The number of rotatable bonds is 5. The fourth-order valence-electron chi connectivity index (χ4n) is 12.7. The van der Waals surface area contributed by atoms with Crippen LogP contribution in [0.3, 0.4) is 0 Å². The number of hydrogen-bond donors (Lipinski definition) is 1. The minimum atomic E-state index is 0.329. The summed E-state index contributed by atoms with van der Waals surface area (Å²) in [6.45, 7) is 2.48. The molecule has 7 aliphatic rings. The smallest absolute Gasteiger partial charge is 0.0655 e. The predicted molar refractivity (Wildman–Crippen MR) is 169 cm³/mol. The summed E-state index contributed by atoms with van der Waals surface area (Å²) in [6.07, 6.45) is 33.1. The van der Waals surface area contributed by atoms with E-state index in [4.69, 9.17) is 0 Å². The fourth-order valence-corrected chi connectivity index (χ4v) is 12.7. The Morgan fingerprint density at radius 3 is 1.78 bits per heavy atom. The molecule has 0 aromatic rings. The van der Waals surface area contributed by atoms with Gasteiger partial charge in [-0.3, -0.25) is 4.90 Å². The highest BCUT2D eigenvalue weighted by molar-refractivity contribution is 5.08. The predicted octanol–water partition coefficient (Wildman–Crippen LogP) is 9.26. The molecule has 7 aliphatic carbocycles. The van der Waals surface area contributed by atoms with E-state index in [-0.39, 0.29) is 0 Å². The van der Waals surface area contributed by atoms with Crippen LogP contribution in [0.2, 0.25) is 0 Å². The average molecular weight is 562 g/mol. The second-order valence-electron chi connectivity index (χ2n) is 16.7. The zero-order chi connectivity index (χ0) is 27.8. The van der Waals surface area contributed by atoms with Gasteiger partial charge in [-0.25, -0.2) is 0 Å². The van der Waals surface area contributed by atoms with Crippen LogP contribution in [-0.2, 0) is 0 Å². The molecule has 7 fully saturated rings. The maximum atomic E-state index is 9.67. The molecule has 0 heterocycles. The number of fused-ring (bicyclic) bond motifs is 5. The van der Waals surface area contributed by atoms with Crippen molar-refractivity contribution in [2.45, 2.75) is 185 Å². The van der Waals surface area contributed by atoms with Crippen molar-refractivity contribution in [3.05, 3.63) is 0 Å². The summed E-state index contributed by atoms with van der Waals surface area (Å²) in [5.74, 6) is 7.18. The molecular formula is C38H63N3. The Labute approximate surface area is 253 Å². The normalized spacial score (nSPS) is 47.5. The quantitative estimate of drug-likeness (QED) is 0.363. The van der Waals surface area contributed by atoms with E-state index in [1.807, 2.05) is 0 Å². The Bertz CT molecular complexity index is 872. The first kappa shape index (κ1) is 29.1. The highest BCUT2D eigenvalue weighted by Gasteiger charge is 2.55. The van der Waals surface area contributed by atoms with Crippen molar-refractivity contribution in [2.75, 3.05) is 0 Å². The van der Waals surface area contributed by atoms with E-state index < -0.39 is 0 Å². The van der Waals surface area contributed by atoms with Gasteiger partial charge in [0.05, 0.1) is 6.07 Å². The monoisotopic (exact) mass is 562 g/mol. The molecule has 0 bridgehead atoms. The summed E-state index contributed by atoms with van der Waals surface area (Å²) >= 11 is 0. The Morgan fingerprint density at radius 2 is 1.10 bits per heavy atom. The lowest BCUT2D eigenvalue weighted by Crippen LogP contribution is -2.63. The standard InChI is InChI=1S/C38H63N3/c1-26-15-19-28(20-16-26)40-37-23-35-32-12-6-8-14-34(32)38(24-36(35)31-11-5-7-13-33(31)37)41(29-9-3-2-4-10-29)30-21-17-27(25-39)18-22-30/h26-38,40H,2-24H2,1H3. The Hall–Kier alpha value is -0.590. The van der Waals surface area contributed by atoms with Gasteiger partial charge in [0.25, 0.3) is 0 Å². The Kier molecular flexibility index (Phi) is 9.37. The molecule has 0 radical (unpaired) electrons. The molecule has 0 aromatic heterocycles. The van der Waals surface area contributed by atoms with Gasteiger partial charge in [-0.15, -0.1) is 0 Å². The van der Waals surface area contributed by atoms with Crippen LogP contribution in [0.25, 0.3) is 0 Å². The number of nitrogens with zero attached hydrogens (tertiary/aromatic N) is 2. The third kappa shape index (κ3) is 6.06. The topological polar surface area (TPSA) is 39.1 Å². The molecule has 7 saturated carbocycles. The lowest BCUT2D eigenvalue weighted by atomic mass is 9.49. The van der Waals surface area contributed by atoms with Gasteiger partial charge in [-0.2, -0.15) is 5.26 Å². The molecule has 0 aromatic carbocycles. The summed E-state index contributed by atoms with van der Waals surface area (Å²) < 4.78 is 0. The number of hydrogen-bond acceptors (Lipinski definition) is 3. The van der Waals surface area contributed by atoms with Crippen LogP contribution in [-0.4, -0.2) is 35.1 Å².